The number of carbonyl (C=O) groups is 1. The van der Waals surface area contributed by atoms with Crippen LogP contribution in [0.15, 0.2) is 0 Å². The van der Waals surface area contributed by atoms with Gasteiger partial charge in [-0.1, -0.05) is 20.3 Å². The Morgan fingerprint density at radius 2 is 2.13 bits per heavy atom. The zero-order chi connectivity index (χ0) is 11.4. The zero-order valence-corrected chi connectivity index (χ0v) is 10.2. The van der Waals surface area contributed by atoms with Gasteiger partial charge in [0.05, 0.1) is 6.04 Å². The molecule has 0 bridgehead atoms. The maximum atomic E-state index is 11.9. The van der Waals surface area contributed by atoms with E-state index >= 15 is 0 Å². The number of piperidine rings is 1. The summed E-state index contributed by atoms with van der Waals surface area (Å²) in [6.07, 6.45) is 4.66. The van der Waals surface area contributed by atoms with Crippen molar-refractivity contribution in [3.63, 3.8) is 0 Å². The summed E-state index contributed by atoms with van der Waals surface area (Å²) in [5, 5.41) is 0. The van der Waals surface area contributed by atoms with Gasteiger partial charge in [0, 0.05) is 12.6 Å². The zero-order valence-electron chi connectivity index (χ0n) is 10.2. The lowest BCUT2D eigenvalue weighted by molar-refractivity contribution is -0.137. The van der Waals surface area contributed by atoms with Gasteiger partial charge >= 0.3 is 0 Å². The summed E-state index contributed by atoms with van der Waals surface area (Å²) < 4.78 is 0. The predicted molar refractivity (Wildman–Crippen MR) is 62.5 cm³/mol. The van der Waals surface area contributed by atoms with Crippen LogP contribution in [-0.4, -0.2) is 29.4 Å². The third-order valence-corrected chi connectivity index (χ3v) is 3.52. The molecule has 1 aliphatic heterocycles. The van der Waals surface area contributed by atoms with Gasteiger partial charge in [-0.05, 0) is 32.1 Å². The first-order valence-corrected chi connectivity index (χ1v) is 6.14. The lowest BCUT2D eigenvalue weighted by Crippen LogP contribution is -2.51. The van der Waals surface area contributed by atoms with Crippen molar-refractivity contribution >= 4 is 5.91 Å². The van der Waals surface area contributed by atoms with Gasteiger partial charge in [-0.25, -0.2) is 0 Å². The van der Waals surface area contributed by atoms with E-state index < -0.39 is 0 Å². The van der Waals surface area contributed by atoms with Crippen LogP contribution in [0.1, 0.15) is 46.5 Å². The van der Waals surface area contributed by atoms with Gasteiger partial charge in [0.25, 0.3) is 0 Å². The van der Waals surface area contributed by atoms with Crippen molar-refractivity contribution in [1.82, 2.24) is 4.90 Å². The van der Waals surface area contributed by atoms with E-state index in [1.54, 1.807) is 6.92 Å². The molecule has 0 aromatic heterocycles. The van der Waals surface area contributed by atoms with Crippen molar-refractivity contribution in [2.45, 2.75) is 58.5 Å². The highest BCUT2D eigenvalue weighted by Crippen LogP contribution is 2.25. The van der Waals surface area contributed by atoms with Gasteiger partial charge in [0.1, 0.15) is 0 Å². The third kappa shape index (κ3) is 2.94. The Hall–Kier alpha value is -0.570. The minimum atomic E-state index is -0.352. The molecule has 0 aromatic rings. The number of carbonyl (C=O) groups excluding carboxylic acids is 1. The van der Waals surface area contributed by atoms with E-state index in [9.17, 15) is 4.79 Å². The summed E-state index contributed by atoms with van der Waals surface area (Å²) in [4.78, 5) is 13.9. The van der Waals surface area contributed by atoms with E-state index in [1.165, 1.54) is 6.42 Å². The Morgan fingerprint density at radius 3 is 2.67 bits per heavy atom. The second-order valence-electron chi connectivity index (χ2n) is 4.77. The molecule has 0 aliphatic carbocycles. The van der Waals surface area contributed by atoms with Crippen LogP contribution in [0.3, 0.4) is 0 Å². The van der Waals surface area contributed by atoms with E-state index in [0.29, 0.717) is 12.0 Å². The number of likely N-dealkylation sites (tertiary alicyclic amines) is 1. The number of hydrogen-bond donors (Lipinski definition) is 1. The number of nitrogens with zero attached hydrogens (tertiary/aromatic N) is 1. The largest absolute Gasteiger partial charge is 0.338 e. The van der Waals surface area contributed by atoms with E-state index in [-0.39, 0.29) is 11.9 Å². The van der Waals surface area contributed by atoms with E-state index in [1.807, 2.05) is 4.90 Å². The van der Waals surface area contributed by atoms with Crippen LogP contribution in [0.2, 0.25) is 0 Å². The minimum absolute atomic E-state index is 0.125. The highest BCUT2D eigenvalue weighted by Gasteiger charge is 2.30. The molecule has 0 saturated carbocycles. The second kappa shape index (κ2) is 5.50. The first-order valence-electron chi connectivity index (χ1n) is 6.14. The Kier molecular flexibility index (Phi) is 4.58. The van der Waals surface area contributed by atoms with Crippen molar-refractivity contribution in [1.29, 1.82) is 0 Å². The topological polar surface area (TPSA) is 46.3 Å². The molecule has 0 radical (unpaired) electrons. The van der Waals surface area contributed by atoms with E-state index in [2.05, 4.69) is 13.8 Å². The van der Waals surface area contributed by atoms with Crippen molar-refractivity contribution in [3.05, 3.63) is 0 Å². The van der Waals surface area contributed by atoms with E-state index in [0.717, 1.165) is 25.8 Å². The van der Waals surface area contributed by atoms with E-state index in [4.69, 9.17) is 5.73 Å². The normalized spacial score (nSPS) is 26.1. The lowest BCUT2D eigenvalue weighted by atomic mass is 9.89. The summed E-state index contributed by atoms with van der Waals surface area (Å²) >= 11 is 0. The van der Waals surface area contributed by atoms with Crippen LogP contribution < -0.4 is 5.73 Å². The van der Waals surface area contributed by atoms with Gasteiger partial charge < -0.3 is 10.6 Å². The van der Waals surface area contributed by atoms with Gasteiger partial charge in [-0.2, -0.15) is 0 Å². The highest BCUT2D eigenvalue weighted by molar-refractivity contribution is 5.81. The molecule has 15 heavy (non-hydrogen) atoms. The molecule has 1 amide bonds. The highest BCUT2D eigenvalue weighted by atomic mass is 16.2. The maximum absolute atomic E-state index is 11.9. The molecule has 3 unspecified atom stereocenters. The number of rotatable bonds is 3. The monoisotopic (exact) mass is 212 g/mol. The quantitative estimate of drug-likeness (QED) is 0.775. The number of hydrogen-bond acceptors (Lipinski definition) is 2. The second-order valence-corrected chi connectivity index (χ2v) is 4.77. The SMILES string of the molecule is CCC(C)C1CCCCN1C(=O)C(C)N. The molecule has 1 saturated heterocycles. The smallest absolute Gasteiger partial charge is 0.239 e. The third-order valence-electron chi connectivity index (χ3n) is 3.52. The average Bonchev–Trinajstić information content (AvgIpc) is 2.27. The molecular weight excluding hydrogens is 188 g/mol. The summed E-state index contributed by atoms with van der Waals surface area (Å²) in [7, 11) is 0. The first kappa shape index (κ1) is 12.5. The molecule has 3 heteroatoms. The molecule has 3 nitrogen and oxygen atoms in total. The Balaban J connectivity index is 2.69. The summed E-state index contributed by atoms with van der Waals surface area (Å²) in [5.41, 5.74) is 5.68. The molecular formula is C12H24N2O. The molecule has 1 aliphatic rings. The van der Waals surface area contributed by atoms with Crippen molar-refractivity contribution in [3.8, 4) is 0 Å². The fourth-order valence-electron chi connectivity index (χ4n) is 2.36. The van der Waals surface area contributed by atoms with Gasteiger partial charge in [0.2, 0.25) is 5.91 Å². The van der Waals surface area contributed by atoms with Crippen LogP contribution in [0.5, 0.6) is 0 Å². The van der Waals surface area contributed by atoms with Crippen LogP contribution in [0.25, 0.3) is 0 Å². The molecule has 1 fully saturated rings. The Bertz CT molecular complexity index is 216. The van der Waals surface area contributed by atoms with Crippen LogP contribution in [0.4, 0.5) is 0 Å². The van der Waals surface area contributed by atoms with Crippen LogP contribution in [-0.2, 0) is 4.79 Å². The molecule has 1 heterocycles. The molecule has 0 spiro atoms. The standard InChI is InChI=1S/C12H24N2O/c1-4-9(2)11-7-5-6-8-14(11)12(15)10(3)13/h9-11H,4-8,13H2,1-3H3. The van der Waals surface area contributed by atoms with Crippen LogP contribution in [0, 0.1) is 5.92 Å². The average molecular weight is 212 g/mol. The van der Waals surface area contributed by atoms with Gasteiger partial charge in [0.15, 0.2) is 0 Å². The first-order chi connectivity index (χ1) is 7.07. The molecule has 88 valence electrons. The van der Waals surface area contributed by atoms with Crippen molar-refractivity contribution in [2.75, 3.05) is 6.54 Å². The Morgan fingerprint density at radius 1 is 1.47 bits per heavy atom. The van der Waals surface area contributed by atoms with Crippen LogP contribution >= 0.6 is 0 Å². The molecule has 0 aromatic carbocycles. The predicted octanol–water partition coefficient (Wildman–Crippen LogP) is 1.76. The minimum Gasteiger partial charge on any atom is -0.338 e. The fraction of sp³-hybridized carbons (Fsp3) is 0.917. The molecule has 1 rings (SSSR count). The number of nitrogens with two attached hydrogens (primary N) is 1. The fourth-order valence-corrected chi connectivity index (χ4v) is 2.36. The summed E-state index contributed by atoms with van der Waals surface area (Å²) in [6.45, 7) is 7.10. The summed E-state index contributed by atoms with van der Waals surface area (Å²) in [5.74, 6) is 0.716. The number of amides is 1. The van der Waals surface area contributed by atoms with Gasteiger partial charge in [-0.15, -0.1) is 0 Å². The molecule has 2 N–H and O–H groups in total. The molecule has 3 atom stereocenters. The Labute approximate surface area is 93.0 Å². The van der Waals surface area contributed by atoms with Crippen molar-refractivity contribution in [2.24, 2.45) is 11.7 Å². The maximum Gasteiger partial charge on any atom is 0.239 e. The lowest BCUT2D eigenvalue weighted by Gasteiger charge is -2.40. The summed E-state index contributed by atoms with van der Waals surface area (Å²) in [6, 6.07) is 0.0666. The van der Waals surface area contributed by atoms with Crippen molar-refractivity contribution < 1.29 is 4.79 Å². The van der Waals surface area contributed by atoms with Gasteiger partial charge in [-0.3, -0.25) is 4.79 Å².